The summed E-state index contributed by atoms with van der Waals surface area (Å²) in [6.45, 7) is 10.1. The Morgan fingerprint density at radius 1 is 1.30 bits per heavy atom. The highest BCUT2D eigenvalue weighted by molar-refractivity contribution is 7.15. The van der Waals surface area contributed by atoms with Crippen LogP contribution in [0.5, 0.6) is 0 Å². The van der Waals surface area contributed by atoms with Gasteiger partial charge in [0, 0.05) is 50.8 Å². The number of thiazole rings is 1. The van der Waals surface area contributed by atoms with Crippen molar-refractivity contribution in [2.24, 2.45) is 0 Å². The lowest BCUT2D eigenvalue weighted by molar-refractivity contribution is 0.181. The molecular formula is C14H26N4OS. The van der Waals surface area contributed by atoms with Gasteiger partial charge in [0.15, 0.2) is 5.13 Å². The van der Waals surface area contributed by atoms with Gasteiger partial charge in [0.2, 0.25) is 0 Å². The molecule has 114 valence electrons. The largest absolute Gasteiger partial charge is 0.378 e. The van der Waals surface area contributed by atoms with Crippen molar-refractivity contribution < 1.29 is 4.74 Å². The molecule has 5 nitrogen and oxygen atoms in total. The monoisotopic (exact) mass is 298 g/mol. The van der Waals surface area contributed by atoms with Crippen LogP contribution in [0.4, 0.5) is 5.13 Å². The molecule has 1 saturated heterocycles. The predicted octanol–water partition coefficient (Wildman–Crippen LogP) is 1.54. The highest BCUT2D eigenvalue weighted by Gasteiger charge is 2.19. The molecule has 2 heterocycles. The molecule has 0 saturated carbocycles. The first-order chi connectivity index (χ1) is 9.60. The van der Waals surface area contributed by atoms with Gasteiger partial charge in [-0.3, -0.25) is 0 Å². The van der Waals surface area contributed by atoms with Crippen LogP contribution in [0, 0.1) is 0 Å². The molecule has 0 radical (unpaired) electrons. The van der Waals surface area contributed by atoms with Gasteiger partial charge in [-0.05, 0) is 7.05 Å². The van der Waals surface area contributed by atoms with Crippen LogP contribution in [0.1, 0.15) is 24.4 Å². The second-order valence-corrected chi connectivity index (χ2v) is 6.69. The van der Waals surface area contributed by atoms with Crippen LogP contribution in [-0.2, 0) is 17.9 Å². The van der Waals surface area contributed by atoms with Gasteiger partial charge in [0.25, 0.3) is 0 Å². The molecular weight excluding hydrogens is 272 g/mol. The molecule has 1 aromatic rings. The summed E-state index contributed by atoms with van der Waals surface area (Å²) in [5.41, 5.74) is 1.08. The Morgan fingerprint density at radius 2 is 2.00 bits per heavy atom. The first-order valence-corrected chi connectivity index (χ1v) is 8.06. The molecule has 0 bridgehead atoms. The second kappa shape index (κ2) is 7.36. The Morgan fingerprint density at radius 3 is 2.60 bits per heavy atom. The molecule has 0 aliphatic carbocycles. The Hall–Kier alpha value is -0.690. The van der Waals surface area contributed by atoms with Gasteiger partial charge < -0.3 is 19.9 Å². The number of hydrogen-bond acceptors (Lipinski definition) is 6. The molecule has 20 heavy (non-hydrogen) atoms. The van der Waals surface area contributed by atoms with Crippen LogP contribution in [0.2, 0.25) is 0 Å². The minimum atomic E-state index is 0.486. The van der Waals surface area contributed by atoms with Crippen LogP contribution in [0.15, 0.2) is 0 Å². The SMILES string of the molecule is COCc1nc(N2CCN(C)CC2)sc1CNC(C)C. The summed E-state index contributed by atoms with van der Waals surface area (Å²) >= 11 is 1.80. The molecule has 0 atom stereocenters. The quantitative estimate of drug-likeness (QED) is 0.863. The van der Waals surface area contributed by atoms with E-state index in [1.54, 1.807) is 18.4 Å². The van der Waals surface area contributed by atoms with Crippen molar-refractivity contribution in [3.63, 3.8) is 0 Å². The fourth-order valence-electron chi connectivity index (χ4n) is 2.19. The van der Waals surface area contributed by atoms with Gasteiger partial charge in [0.1, 0.15) is 0 Å². The van der Waals surface area contributed by atoms with E-state index < -0.39 is 0 Å². The second-order valence-electron chi connectivity index (χ2n) is 5.63. The van der Waals surface area contributed by atoms with E-state index in [1.807, 2.05) is 0 Å². The lowest BCUT2D eigenvalue weighted by atomic mass is 10.3. The van der Waals surface area contributed by atoms with Crippen LogP contribution in [0.25, 0.3) is 0 Å². The Bertz CT molecular complexity index is 413. The number of likely N-dealkylation sites (N-methyl/N-ethyl adjacent to an activating group) is 1. The maximum Gasteiger partial charge on any atom is 0.186 e. The molecule has 1 aliphatic rings. The third-order valence-corrected chi connectivity index (χ3v) is 4.65. The molecule has 1 fully saturated rings. The van der Waals surface area contributed by atoms with E-state index in [9.17, 15) is 0 Å². The number of ether oxygens (including phenoxy) is 1. The molecule has 6 heteroatoms. The number of hydrogen-bond donors (Lipinski definition) is 1. The average Bonchev–Trinajstić information content (AvgIpc) is 2.81. The summed E-state index contributed by atoms with van der Waals surface area (Å²) < 4.78 is 5.28. The Balaban J connectivity index is 2.07. The summed E-state index contributed by atoms with van der Waals surface area (Å²) in [4.78, 5) is 10.8. The fourth-order valence-corrected chi connectivity index (χ4v) is 3.25. The van der Waals surface area contributed by atoms with E-state index in [2.05, 4.69) is 36.0 Å². The topological polar surface area (TPSA) is 40.6 Å². The highest BCUT2D eigenvalue weighted by Crippen LogP contribution is 2.27. The smallest absolute Gasteiger partial charge is 0.186 e. The summed E-state index contributed by atoms with van der Waals surface area (Å²) in [7, 11) is 3.90. The van der Waals surface area contributed by atoms with Crippen molar-refractivity contribution >= 4 is 16.5 Å². The van der Waals surface area contributed by atoms with E-state index in [1.165, 1.54) is 4.88 Å². The number of nitrogens with one attached hydrogen (secondary N) is 1. The highest BCUT2D eigenvalue weighted by atomic mass is 32.1. The first kappa shape index (κ1) is 15.7. The van der Waals surface area contributed by atoms with Crippen LogP contribution < -0.4 is 10.2 Å². The fraction of sp³-hybridized carbons (Fsp3) is 0.786. The maximum absolute atomic E-state index is 5.28. The zero-order valence-corrected chi connectivity index (χ0v) is 13.8. The summed E-state index contributed by atoms with van der Waals surface area (Å²) in [5, 5.41) is 4.62. The molecule has 0 unspecified atom stereocenters. The van der Waals surface area contributed by atoms with Gasteiger partial charge in [0.05, 0.1) is 12.3 Å². The third-order valence-electron chi connectivity index (χ3n) is 3.49. The van der Waals surface area contributed by atoms with Crippen LogP contribution >= 0.6 is 11.3 Å². The zero-order valence-electron chi connectivity index (χ0n) is 13.0. The van der Waals surface area contributed by atoms with Crippen molar-refractivity contribution in [1.29, 1.82) is 0 Å². The van der Waals surface area contributed by atoms with Gasteiger partial charge in [-0.2, -0.15) is 0 Å². The van der Waals surface area contributed by atoms with Crippen molar-refractivity contribution in [2.75, 3.05) is 45.2 Å². The number of rotatable bonds is 6. The Labute approximate surface area is 125 Å². The molecule has 0 spiro atoms. The number of aromatic nitrogens is 1. The molecule has 1 aliphatic heterocycles. The third kappa shape index (κ3) is 4.15. The predicted molar refractivity (Wildman–Crippen MR) is 84.5 cm³/mol. The standard InChI is InChI=1S/C14H26N4OS/c1-11(2)15-9-13-12(10-19-4)16-14(20-13)18-7-5-17(3)6-8-18/h11,15H,5-10H2,1-4H3. The van der Waals surface area contributed by atoms with Crippen molar-refractivity contribution in [2.45, 2.75) is 33.0 Å². The normalized spacial score (nSPS) is 17.1. The summed E-state index contributed by atoms with van der Waals surface area (Å²) in [6.07, 6.45) is 0. The van der Waals surface area contributed by atoms with Crippen molar-refractivity contribution in [3.05, 3.63) is 10.6 Å². The minimum absolute atomic E-state index is 0.486. The minimum Gasteiger partial charge on any atom is -0.378 e. The van der Waals surface area contributed by atoms with Crippen LogP contribution in [-0.4, -0.2) is 56.3 Å². The lowest BCUT2D eigenvalue weighted by Gasteiger charge is -2.32. The Kier molecular flexibility index (Phi) is 5.77. The van der Waals surface area contributed by atoms with Crippen LogP contribution in [0.3, 0.4) is 0 Å². The molecule has 2 rings (SSSR count). The van der Waals surface area contributed by atoms with E-state index in [4.69, 9.17) is 9.72 Å². The van der Waals surface area contributed by atoms with E-state index in [0.29, 0.717) is 12.6 Å². The maximum atomic E-state index is 5.28. The first-order valence-electron chi connectivity index (χ1n) is 7.24. The van der Waals surface area contributed by atoms with Crippen molar-refractivity contribution in [3.8, 4) is 0 Å². The van der Waals surface area contributed by atoms with E-state index in [0.717, 1.165) is 43.5 Å². The molecule has 1 aromatic heterocycles. The lowest BCUT2D eigenvalue weighted by Crippen LogP contribution is -2.44. The summed E-state index contributed by atoms with van der Waals surface area (Å²) in [5.74, 6) is 0. The van der Waals surface area contributed by atoms with Gasteiger partial charge in [-0.25, -0.2) is 4.98 Å². The van der Waals surface area contributed by atoms with Crippen molar-refractivity contribution in [1.82, 2.24) is 15.2 Å². The number of methoxy groups -OCH3 is 1. The van der Waals surface area contributed by atoms with Gasteiger partial charge in [-0.15, -0.1) is 11.3 Å². The van der Waals surface area contributed by atoms with E-state index >= 15 is 0 Å². The number of piperazine rings is 1. The molecule has 0 aromatic carbocycles. The van der Waals surface area contributed by atoms with Gasteiger partial charge in [-0.1, -0.05) is 13.8 Å². The molecule has 0 amide bonds. The van der Waals surface area contributed by atoms with Gasteiger partial charge >= 0.3 is 0 Å². The summed E-state index contributed by atoms with van der Waals surface area (Å²) in [6, 6.07) is 0.486. The number of nitrogens with zero attached hydrogens (tertiary/aromatic N) is 3. The van der Waals surface area contributed by atoms with E-state index in [-0.39, 0.29) is 0 Å². The molecule has 1 N–H and O–H groups in total. The zero-order chi connectivity index (χ0) is 14.5. The number of anilines is 1. The average molecular weight is 298 g/mol.